The van der Waals surface area contributed by atoms with Gasteiger partial charge in [0.1, 0.15) is 17.5 Å². The minimum absolute atomic E-state index is 0.214. The fourth-order valence-corrected chi connectivity index (χ4v) is 4.24. The van der Waals surface area contributed by atoms with Crippen LogP contribution in [0.15, 0.2) is 42.6 Å². The average Bonchev–Trinajstić information content (AvgIpc) is 3.39. The zero-order chi connectivity index (χ0) is 22.4. The van der Waals surface area contributed by atoms with Crippen LogP contribution in [0, 0.1) is 0 Å². The monoisotopic (exact) mass is 451 g/mol. The number of piperidine rings is 1. The lowest BCUT2D eigenvalue weighted by molar-refractivity contribution is -0.136. The van der Waals surface area contributed by atoms with Crippen molar-refractivity contribution in [3.8, 4) is 22.7 Å². The molecule has 0 aliphatic carbocycles. The molecular weight excluding hydrogens is 434 g/mol. The Kier molecular flexibility index (Phi) is 4.90. The number of hydrogen-bond acceptors (Lipinski definition) is 6. The van der Waals surface area contributed by atoms with E-state index >= 15 is 0 Å². The normalized spacial score (nSPS) is 18.0. The molecule has 0 bridgehead atoms. The zero-order valence-corrected chi connectivity index (χ0v) is 17.8. The van der Waals surface area contributed by atoms with Crippen LogP contribution in [-0.2, 0) is 16.1 Å². The minimum atomic E-state index is -0.645. The Hall–Kier alpha value is -3.72. The largest absolute Gasteiger partial charge is 0.495 e. The van der Waals surface area contributed by atoms with Crippen LogP contribution in [0.5, 0.6) is 5.75 Å². The smallest absolute Gasteiger partial charge is 0.255 e. The molecule has 3 heterocycles. The summed E-state index contributed by atoms with van der Waals surface area (Å²) in [5.74, 6) is -0.406. The molecule has 5 rings (SSSR count). The van der Waals surface area contributed by atoms with Crippen LogP contribution in [0.1, 0.15) is 28.8 Å². The second kappa shape index (κ2) is 7.76. The van der Waals surface area contributed by atoms with E-state index in [0.29, 0.717) is 35.0 Å². The van der Waals surface area contributed by atoms with Crippen molar-refractivity contribution in [3.05, 3.63) is 58.7 Å². The molecule has 2 aliphatic rings. The van der Waals surface area contributed by atoms with Gasteiger partial charge in [0.05, 0.1) is 24.0 Å². The van der Waals surface area contributed by atoms with Crippen LogP contribution in [0.2, 0.25) is 5.02 Å². The highest BCUT2D eigenvalue weighted by atomic mass is 35.5. The Morgan fingerprint density at radius 1 is 1.16 bits per heavy atom. The first-order valence-corrected chi connectivity index (χ1v) is 10.4. The summed E-state index contributed by atoms with van der Waals surface area (Å²) in [5, 5.41) is 11.3. The summed E-state index contributed by atoms with van der Waals surface area (Å²) in [7, 11) is 1.55. The van der Waals surface area contributed by atoms with Gasteiger partial charge in [-0.2, -0.15) is 0 Å². The van der Waals surface area contributed by atoms with Crippen LogP contribution in [0.25, 0.3) is 16.9 Å². The lowest BCUT2D eigenvalue weighted by Gasteiger charge is -2.29. The molecule has 1 N–H and O–H groups in total. The van der Waals surface area contributed by atoms with Crippen molar-refractivity contribution in [1.29, 1.82) is 0 Å². The summed E-state index contributed by atoms with van der Waals surface area (Å²) in [6.45, 7) is 0.296. The van der Waals surface area contributed by atoms with Crippen molar-refractivity contribution >= 4 is 29.3 Å². The molecular formula is C22H18ClN5O4. The van der Waals surface area contributed by atoms with E-state index in [1.54, 1.807) is 42.3 Å². The van der Waals surface area contributed by atoms with Crippen molar-refractivity contribution in [2.45, 2.75) is 25.4 Å². The molecule has 3 amide bonds. The van der Waals surface area contributed by atoms with Gasteiger partial charge in [-0.3, -0.25) is 19.7 Å². The summed E-state index contributed by atoms with van der Waals surface area (Å²) < 4.78 is 6.88. The second-order valence-electron chi connectivity index (χ2n) is 7.64. The molecule has 1 saturated heterocycles. The van der Waals surface area contributed by atoms with E-state index in [0.717, 1.165) is 16.8 Å². The second-order valence-corrected chi connectivity index (χ2v) is 8.05. The predicted octanol–water partition coefficient (Wildman–Crippen LogP) is 2.36. The number of fused-ring (bicyclic) bond motifs is 1. The standard InChI is InChI=1S/C22H18ClN5O4/c1-32-19-9-12(2-5-16(19)23)17-11-28(26-25-17)14-3-4-15-13(8-14)10-27(22(15)31)18-6-7-20(29)24-21(18)30/h2-5,8-9,11,18H,6-7,10H2,1H3,(H,24,29,30). The first-order chi connectivity index (χ1) is 15.4. The number of imide groups is 1. The molecule has 162 valence electrons. The number of hydrogen-bond donors (Lipinski definition) is 1. The number of halogens is 1. The molecule has 10 heteroatoms. The van der Waals surface area contributed by atoms with Crippen LogP contribution in [-0.4, -0.2) is 50.8 Å². The van der Waals surface area contributed by atoms with Gasteiger partial charge in [0.15, 0.2) is 0 Å². The Bertz CT molecular complexity index is 1270. The molecule has 0 radical (unpaired) electrons. The van der Waals surface area contributed by atoms with Crippen LogP contribution in [0.3, 0.4) is 0 Å². The molecule has 2 aromatic carbocycles. The summed E-state index contributed by atoms with van der Waals surface area (Å²) in [5.41, 5.74) is 3.52. The molecule has 3 aromatic rings. The highest BCUT2D eigenvalue weighted by Crippen LogP contribution is 2.31. The number of aromatic nitrogens is 3. The quantitative estimate of drug-likeness (QED) is 0.610. The fourth-order valence-electron chi connectivity index (χ4n) is 4.04. The van der Waals surface area contributed by atoms with Gasteiger partial charge in [0, 0.05) is 24.1 Å². The third-order valence-electron chi connectivity index (χ3n) is 5.71. The molecule has 1 unspecified atom stereocenters. The van der Waals surface area contributed by atoms with E-state index in [1.807, 2.05) is 12.1 Å². The number of nitrogens with one attached hydrogen (secondary N) is 1. The summed E-state index contributed by atoms with van der Waals surface area (Å²) in [6, 6.07) is 10.1. The lowest BCUT2D eigenvalue weighted by Crippen LogP contribution is -2.52. The molecule has 0 saturated carbocycles. The van der Waals surface area contributed by atoms with Crippen LogP contribution >= 0.6 is 11.6 Å². The molecule has 32 heavy (non-hydrogen) atoms. The van der Waals surface area contributed by atoms with Crippen LogP contribution in [0.4, 0.5) is 0 Å². The van der Waals surface area contributed by atoms with E-state index in [4.69, 9.17) is 16.3 Å². The molecule has 9 nitrogen and oxygen atoms in total. The maximum Gasteiger partial charge on any atom is 0.255 e. The molecule has 1 aromatic heterocycles. The van der Waals surface area contributed by atoms with Gasteiger partial charge in [-0.25, -0.2) is 4.68 Å². The lowest BCUT2D eigenvalue weighted by atomic mass is 10.0. The SMILES string of the molecule is COc1cc(-c2cn(-c3ccc4c(c3)CN(C3CCC(=O)NC3=O)C4=O)nn2)ccc1Cl. The number of carbonyl (C=O) groups is 3. The number of rotatable bonds is 4. The first kappa shape index (κ1) is 20.2. The van der Waals surface area contributed by atoms with Gasteiger partial charge in [-0.15, -0.1) is 5.10 Å². The molecule has 1 fully saturated rings. The third-order valence-corrected chi connectivity index (χ3v) is 6.02. The molecule has 0 spiro atoms. The maximum absolute atomic E-state index is 12.9. The van der Waals surface area contributed by atoms with Gasteiger partial charge in [-0.1, -0.05) is 22.9 Å². The van der Waals surface area contributed by atoms with Gasteiger partial charge in [0.2, 0.25) is 11.8 Å². The Labute approximate surface area is 187 Å². The molecule has 2 aliphatic heterocycles. The number of ether oxygens (including phenoxy) is 1. The number of nitrogens with zero attached hydrogens (tertiary/aromatic N) is 4. The first-order valence-electron chi connectivity index (χ1n) is 9.99. The van der Waals surface area contributed by atoms with Gasteiger partial charge in [0.25, 0.3) is 5.91 Å². The summed E-state index contributed by atoms with van der Waals surface area (Å²) >= 11 is 6.10. The minimum Gasteiger partial charge on any atom is -0.495 e. The van der Waals surface area contributed by atoms with E-state index in [2.05, 4.69) is 15.6 Å². The zero-order valence-electron chi connectivity index (χ0n) is 17.0. The van der Waals surface area contributed by atoms with Crippen LogP contribution < -0.4 is 10.1 Å². The fraction of sp³-hybridized carbons (Fsp3) is 0.227. The van der Waals surface area contributed by atoms with E-state index in [-0.39, 0.29) is 18.2 Å². The van der Waals surface area contributed by atoms with Crippen molar-refractivity contribution in [2.24, 2.45) is 0 Å². The average molecular weight is 452 g/mol. The number of benzene rings is 2. The van der Waals surface area contributed by atoms with Gasteiger partial charge in [-0.05, 0) is 42.3 Å². The highest BCUT2D eigenvalue weighted by Gasteiger charge is 2.39. The summed E-state index contributed by atoms with van der Waals surface area (Å²) in [4.78, 5) is 38.0. The topological polar surface area (TPSA) is 106 Å². The highest BCUT2D eigenvalue weighted by molar-refractivity contribution is 6.32. The third kappa shape index (κ3) is 3.40. The van der Waals surface area contributed by atoms with Gasteiger partial charge < -0.3 is 9.64 Å². The predicted molar refractivity (Wildman–Crippen MR) is 114 cm³/mol. The van der Waals surface area contributed by atoms with Gasteiger partial charge >= 0.3 is 0 Å². The van der Waals surface area contributed by atoms with E-state index < -0.39 is 11.9 Å². The van der Waals surface area contributed by atoms with E-state index in [1.165, 1.54) is 4.90 Å². The van der Waals surface area contributed by atoms with Crippen molar-refractivity contribution in [1.82, 2.24) is 25.2 Å². The molecule has 1 atom stereocenters. The van der Waals surface area contributed by atoms with Crippen molar-refractivity contribution < 1.29 is 19.1 Å². The maximum atomic E-state index is 12.9. The van der Waals surface area contributed by atoms with E-state index in [9.17, 15) is 14.4 Å². The number of carbonyl (C=O) groups excluding carboxylic acids is 3. The number of methoxy groups -OCH3 is 1. The number of amides is 3. The Morgan fingerprint density at radius 3 is 2.78 bits per heavy atom. The summed E-state index contributed by atoms with van der Waals surface area (Å²) in [6.07, 6.45) is 2.33. The van der Waals surface area contributed by atoms with Crippen molar-refractivity contribution in [2.75, 3.05) is 7.11 Å². The van der Waals surface area contributed by atoms with Crippen molar-refractivity contribution in [3.63, 3.8) is 0 Å². The Morgan fingerprint density at radius 2 is 2.00 bits per heavy atom. The Balaban J connectivity index is 1.40.